The van der Waals surface area contributed by atoms with E-state index >= 15 is 0 Å². The van der Waals surface area contributed by atoms with Crippen LogP contribution in [0.5, 0.6) is 5.75 Å². The monoisotopic (exact) mass is 229 g/mol. The molecule has 1 aromatic heterocycles. The fraction of sp³-hybridized carbons (Fsp3) is 0.444. The normalized spacial score (nSPS) is 10.1. The maximum Gasteiger partial charge on any atom is 0.261 e. The number of anilines is 2. The summed E-state index contributed by atoms with van der Waals surface area (Å²) < 4.78 is 5.17. The number of nitrogens with zero attached hydrogens (tertiary/aromatic N) is 1. The van der Waals surface area contributed by atoms with Crippen molar-refractivity contribution in [2.75, 3.05) is 31.3 Å². The van der Waals surface area contributed by atoms with E-state index in [0.717, 1.165) is 11.5 Å². The second kappa shape index (κ2) is 4.39. The van der Waals surface area contributed by atoms with Gasteiger partial charge in [0.2, 0.25) is 0 Å². The molecule has 0 bridgehead atoms. The molecule has 4 N–H and O–H groups in total. The molecule has 84 valence electrons. The summed E-state index contributed by atoms with van der Waals surface area (Å²) in [6, 6.07) is 0. The van der Waals surface area contributed by atoms with Crippen LogP contribution >= 0.6 is 11.3 Å². The van der Waals surface area contributed by atoms with Gasteiger partial charge in [0.25, 0.3) is 5.91 Å². The Morgan fingerprint density at radius 2 is 2.20 bits per heavy atom. The number of carbonyl (C=O) groups is 1. The summed E-state index contributed by atoms with van der Waals surface area (Å²) in [5, 5.41) is 0.825. The highest BCUT2D eigenvalue weighted by Crippen LogP contribution is 2.43. The van der Waals surface area contributed by atoms with Crippen LogP contribution in [0, 0.1) is 0 Å². The fourth-order valence-electron chi connectivity index (χ4n) is 1.19. The average molecular weight is 229 g/mol. The molecular formula is C9H15N3O2S. The van der Waals surface area contributed by atoms with Crippen molar-refractivity contribution < 1.29 is 9.53 Å². The quantitative estimate of drug-likeness (QED) is 0.803. The highest BCUT2D eigenvalue weighted by molar-refractivity contribution is 7.19. The lowest BCUT2D eigenvalue weighted by atomic mass is 10.3. The molecule has 0 spiro atoms. The lowest BCUT2D eigenvalue weighted by Crippen LogP contribution is -2.15. The summed E-state index contributed by atoms with van der Waals surface area (Å²) >= 11 is 1.25. The topological polar surface area (TPSA) is 81.6 Å². The van der Waals surface area contributed by atoms with E-state index in [2.05, 4.69) is 0 Å². The van der Waals surface area contributed by atoms with Gasteiger partial charge in [-0.15, -0.1) is 11.3 Å². The number of nitrogen functional groups attached to an aromatic ring is 1. The van der Waals surface area contributed by atoms with Gasteiger partial charge in [-0.2, -0.15) is 0 Å². The molecule has 1 amide bonds. The predicted molar refractivity (Wildman–Crippen MR) is 62.7 cm³/mol. The fourth-order valence-corrected chi connectivity index (χ4v) is 2.26. The van der Waals surface area contributed by atoms with E-state index in [1.807, 2.05) is 18.9 Å². The van der Waals surface area contributed by atoms with Crippen molar-refractivity contribution >= 4 is 27.9 Å². The van der Waals surface area contributed by atoms with Crippen LogP contribution in [0.1, 0.15) is 16.6 Å². The minimum Gasteiger partial charge on any atom is -0.492 e. The molecule has 0 aliphatic heterocycles. The molecule has 0 saturated heterocycles. The maximum absolute atomic E-state index is 11.1. The Kier molecular flexibility index (Phi) is 3.41. The molecule has 5 nitrogen and oxygen atoms in total. The summed E-state index contributed by atoms with van der Waals surface area (Å²) in [4.78, 5) is 13.4. The number of nitrogens with two attached hydrogens (primary N) is 2. The van der Waals surface area contributed by atoms with Gasteiger partial charge in [0.15, 0.2) is 5.75 Å². The van der Waals surface area contributed by atoms with Gasteiger partial charge < -0.3 is 21.1 Å². The lowest BCUT2D eigenvalue weighted by molar-refractivity contribution is 0.100. The van der Waals surface area contributed by atoms with Crippen LogP contribution in [0.3, 0.4) is 0 Å². The molecule has 1 heterocycles. The predicted octanol–water partition coefficient (Wildman–Crippen LogP) is 0.894. The second-order valence-corrected chi connectivity index (χ2v) is 4.06. The number of ether oxygens (including phenoxy) is 1. The van der Waals surface area contributed by atoms with E-state index in [1.54, 1.807) is 0 Å². The number of thiophene rings is 1. The van der Waals surface area contributed by atoms with Crippen molar-refractivity contribution in [3.05, 3.63) is 4.88 Å². The zero-order valence-corrected chi connectivity index (χ0v) is 9.85. The van der Waals surface area contributed by atoms with Crippen LogP contribution in [-0.2, 0) is 0 Å². The number of hydrogen-bond donors (Lipinski definition) is 2. The number of amides is 1. The van der Waals surface area contributed by atoms with Crippen molar-refractivity contribution in [3.8, 4) is 5.75 Å². The van der Waals surface area contributed by atoms with E-state index in [0.29, 0.717) is 16.3 Å². The van der Waals surface area contributed by atoms with Gasteiger partial charge >= 0.3 is 0 Å². The van der Waals surface area contributed by atoms with Crippen LogP contribution in [0.4, 0.5) is 10.7 Å². The summed E-state index contributed by atoms with van der Waals surface area (Å²) in [5.41, 5.74) is 11.3. The Balaban J connectivity index is 3.27. The average Bonchev–Trinajstić information content (AvgIpc) is 2.54. The number of hydrogen-bond acceptors (Lipinski definition) is 5. The van der Waals surface area contributed by atoms with Gasteiger partial charge in [-0.25, -0.2) is 0 Å². The Labute approximate surface area is 92.6 Å². The van der Waals surface area contributed by atoms with Crippen molar-refractivity contribution in [1.29, 1.82) is 0 Å². The maximum atomic E-state index is 11.1. The summed E-state index contributed by atoms with van der Waals surface area (Å²) in [6.45, 7) is 2.80. The van der Waals surface area contributed by atoms with Crippen molar-refractivity contribution in [3.63, 3.8) is 0 Å². The second-order valence-electron chi connectivity index (χ2n) is 3.06. The first-order valence-corrected chi connectivity index (χ1v) is 5.31. The number of carbonyl (C=O) groups excluding carboxylic acids is 1. The number of primary amides is 1. The van der Waals surface area contributed by atoms with Crippen molar-refractivity contribution in [2.24, 2.45) is 5.73 Å². The van der Waals surface area contributed by atoms with Crippen LogP contribution in [0.2, 0.25) is 0 Å². The summed E-state index contributed by atoms with van der Waals surface area (Å²) in [6.07, 6.45) is 0. The highest BCUT2D eigenvalue weighted by atomic mass is 32.1. The van der Waals surface area contributed by atoms with E-state index < -0.39 is 5.91 Å². The SMILES string of the molecule is CCN(C)c1sc(C(N)=O)c(N)c1OC. The molecule has 15 heavy (non-hydrogen) atoms. The first-order chi connectivity index (χ1) is 7.02. The third-order valence-electron chi connectivity index (χ3n) is 2.13. The molecule has 0 saturated carbocycles. The zero-order chi connectivity index (χ0) is 11.6. The van der Waals surface area contributed by atoms with Gasteiger partial charge in [-0.05, 0) is 6.92 Å². The van der Waals surface area contributed by atoms with Crippen LogP contribution in [-0.4, -0.2) is 26.6 Å². The summed E-state index contributed by atoms with van der Waals surface area (Å²) in [5.74, 6) is 0.00435. The molecule has 0 fully saturated rings. The third-order valence-corrected chi connectivity index (χ3v) is 3.45. The minimum absolute atomic E-state index is 0.324. The molecule has 1 aromatic rings. The first kappa shape index (κ1) is 11.6. The van der Waals surface area contributed by atoms with Crippen molar-refractivity contribution in [2.45, 2.75) is 6.92 Å². The largest absolute Gasteiger partial charge is 0.492 e. The Morgan fingerprint density at radius 1 is 1.60 bits per heavy atom. The Morgan fingerprint density at radius 3 is 2.60 bits per heavy atom. The minimum atomic E-state index is -0.522. The Hall–Kier alpha value is -1.43. The molecule has 6 heteroatoms. The van der Waals surface area contributed by atoms with Gasteiger partial charge in [-0.3, -0.25) is 4.79 Å². The van der Waals surface area contributed by atoms with E-state index in [-0.39, 0.29) is 0 Å². The smallest absolute Gasteiger partial charge is 0.261 e. The first-order valence-electron chi connectivity index (χ1n) is 4.50. The van der Waals surface area contributed by atoms with Crippen molar-refractivity contribution in [1.82, 2.24) is 0 Å². The number of rotatable bonds is 4. The molecule has 0 radical (unpaired) electrons. The summed E-state index contributed by atoms with van der Waals surface area (Å²) in [7, 11) is 3.43. The van der Waals surface area contributed by atoms with Crippen LogP contribution in [0.15, 0.2) is 0 Å². The Bertz CT molecular complexity index is 376. The molecule has 0 aromatic carbocycles. The molecular weight excluding hydrogens is 214 g/mol. The van der Waals surface area contributed by atoms with Crippen LogP contribution < -0.4 is 21.1 Å². The molecule has 0 aliphatic rings. The zero-order valence-electron chi connectivity index (χ0n) is 9.03. The van der Waals surface area contributed by atoms with Gasteiger partial charge in [0, 0.05) is 13.6 Å². The van der Waals surface area contributed by atoms with Gasteiger partial charge in [0.05, 0.1) is 7.11 Å². The van der Waals surface area contributed by atoms with E-state index in [4.69, 9.17) is 16.2 Å². The molecule has 0 atom stereocenters. The van der Waals surface area contributed by atoms with Gasteiger partial charge in [0.1, 0.15) is 15.6 Å². The standard InChI is InChI=1S/C9H15N3O2S/c1-4-12(2)9-6(14-3)5(10)7(15-9)8(11)13/h4,10H2,1-3H3,(H2,11,13). The van der Waals surface area contributed by atoms with E-state index in [1.165, 1.54) is 18.4 Å². The van der Waals surface area contributed by atoms with Crippen LogP contribution in [0.25, 0.3) is 0 Å². The number of methoxy groups -OCH3 is 1. The van der Waals surface area contributed by atoms with E-state index in [9.17, 15) is 4.79 Å². The molecule has 1 rings (SSSR count). The highest BCUT2D eigenvalue weighted by Gasteiger charge is 2.21. The molecule has 0 unspecified atom stereocenters. The third kappa shape index (κ3) is 1.99. The van der Waals surface area contributed by atoms with Gasteiger partial charge in [-0.1, -0.05) is 0 Å². The molecule has 0 aliphatic carbocycles. The lowest BCUT2D eigenvalue weighted by Gasteiger charge is -2.15.